The van der Waals surface area contributed by atoms with Gasteiger partial charge in [-0.15, -0.1) is 0 Å². The predicted molar refractivity (Wildman–Crippen MR) is 74.8 cm³/mol. The number of aliphatic hydroxyl groups excluding tert-OH is 1. The van der Waals surface area contributed by atoms with Gasteiger partial charge in [-0.1, -0.05) is 11.6 Å². The number of hydrogen-bond acceptors (Lipinski definition) is 5. The van der Waals surface area contributed by atoms with E-state index in [-0.39, 0.29) is 28.4 Å². The number of methoxy groups -OCH3 is 1. The number of ether oxygens (including phenoxy) is 1. The first-order chi connectivity index (χ1) is 9.93. The van der Waals surface area contributed by atoms with Crippen molar-refractivity contribution in [1.82, 2.24) is 0 Å². The lowest BCUT2D eigenvalue weighted by atomic mass is 9.70. The van der Waals surface area contributed by atoms with Gasteiger partial charge < -0.3 is 14.9 Å². The molecule has 0 radical (unpaired) electrons. The summed E-state index contributed by atoms with van der Waals surface area (Å²) in [6.45, 7) is 1.75. The van der Waals surface area contributed by atoms with Crippen LogP contribution in [0.25, 0.3) is 0 Å². The maximum atomic E-state index is 12.6. The summed E-state index contributed by atoms with van der Waals surface area (Å²) in [6.07, 6.45) is 3.14. The van der Waals surface area contributed by atoms with Crippen LogP contribution < -0.4 is 4.74 Å². The second-order valence-electron chi connectivity index (χ2n) is 5.28. The zero-order valence-electron chi connectivity index (χ0n) is 11.6. The molecular weight excluding hydrogens is 272 g/mol. The van der Waals surface area contributed by atoms with Crippen LogP contribution in [0.15, 0.2) is 35.6 Å². The maximum Gasteiger partial charge on any atom is 0.178 e. The fraction of sp³-hybridized carbons (Fsp3) is 0.250. The van der Waals surface area contributed by atoms with Crippen molar-refractivity contribution in [1.29, 1.82) is 0 Å². The number of carbonyl (C=O) groups excluding carboxylic acids is 2. The van der Waals surface area contributed by atoms with Crippen LogP contribution in [0.5, 0.6) is 11.5 Å². The van der Waals surface area contributed by atoms with Crippen molar-refractivity contribution in [2.24, 2.45) is 11.8 Å². The van der Waals surface area contributed by atoms with Gasteiger partial charge in [-0.3, -0.25) is 9.59 Å². The number of fused-ring (bicyclic) bond motifs is 2. The summed E-state index contributed by atoms with van der Waals surface area (Å²) >= 11 is 0. The molecule has 0 saturated carbocycles. The molecule has 2 aliphatic carbocycles. The van der Waals surface area contributed by atoms with E-state index in [9.17, 15) is 19.8 Å². The topological polar surface area (TPSA) is 83.8 Å². The number of aromatic hydroxyl groups is 1. The number of Topliss-reactive ketones (excluding diaryl/α,β-unsaturated/α-hetero) is 2. The van der Waals surface area contributed by atoms with Crippen LogP contribution in [0.1, 0.15) is 27.6 Å². The highest BCUT2D eigenvalue weighted by Crippen LogP contribution is 2.42. The van der Waals surface area contributed by atoms with Crippen molar-refractivity contribution in [2.75, 3.05) is 7.11 Å². The number of phenolic OH excluding ortho intramolecular Hbond substituents is 1. The van der Waals surface area contributed by atoms with Crippen LogP contribution in [0.3, 0.4) is 0 Å². The number of ketones is 2. The van der Waals surface area contributed by atoms with Gasteiger partial charge in [-0.25, -0.2) is 0 Å². The van der Waals surface area contributed by atoms with Crippen LogP contribution in [-0.4, -0.2) is 28.9 Å². The van der Waals surface area contributed by atoms with Crippen LogP contribution in [-0.2, 0) is 0 Å². The zero-order valence-corrected chi connectivity index (χ0v) is 11.6. The summed E-state index contributed by atoms with van der Waals surface area (Å²) in [5.41, 5.74) is 0.817. The van der Waals surface area contributed by atoms with Gasteiger partial charge in [0.25, 0.3) is 0 Å². The van der Waals surface area contributed by atoms with E-state index in [4.69, 9.17) is 4.74 Å². The minimum absolute atomic E-state index is 0.0463. The molecule has 2 unspecified atom stereocenters. The molecule has 5 nitrogen and oxygen atoms in total. The van der Waals surface area contributed by atoms with Gasteiger partial charge in [0.1, 0.15) is 17.3 Å². The number of hydrogen-bond donors (Lipinski definition) is 2. The van der Waals surface area contributed by atoms with Gasteiger partial charge >= 0.3 is 0 Å². The Labute approximate surface area is 121 Å². The Balaban J connectivity index is 2.24. The third-order valence-electron chi connectivity index (χ3n) is 3.92. The lowest BCUT2D eigenvalue weighted by Gasteiger charge is -2.31. The van der Waals surface area contributed by atoms with Gasteiger partial charge in [0.2, 0.25) is 0 Å². The van der Waals surface area contributed by atoms with Crippen LogP contribution in [0, 0.1) is 11.8 Å². The van der Waals surface area contributed by atoms with Crippen molar-refractivity contribution in [3.63, 3.8) is 0 Å². The average Bonchev–Trinajstić information content (AvgIpc) is 2.43. The number of rotatable bonds is 1. The van der Waals surface area contributed by atoms with E-state index in [1.165, 1.54) is 25.3 Å². The van der Waals surface area contributed by atoms with Crippen molar-refractivity contribution >= 4 is 11.6 Å². The number of allylic oxidation sites excluding steroid dienone is 4. The normalized spacial score (nSPS) is 23.9. The molecule has 2 aliphatic rings. The van der Waals surface area contributed by atoms with Crippen molar-refractivity contribution in [3.8, 4) is 11.5 Å². The lowest BCUT2D eigenvalue weighted by molar-refractivity contribution is 0.0754. The van der Waals surface area contributed by atoms with Gasteiger partial charge in [0, 0.05) is 11.6 Å². The molecular formula is C16H14O5. The largest absolute Gasteiger partial charge is 0.511 e. The first kappa shape index (κ1) is 13.4. The van der Waals surface area contributed by atoms with Gasteiger partial charge in [-0.2, -0.15) is 0 Å². The molecule has 0 saturated heterocycles. The Kier molecular flexibility index (Phi) is 2.86. The first-order valence-corrected chi connectivity index (χ1v) is 6.52. The first-order valence-electron chi connectivity index (χ1n) is 6.52. The summed E-state index contributed by atoms with van der Waals surface area (Å²) in [5, 5.41) is 20.0. The van der Waals surface area contributed by atoms with E-state index >= 15 is 0 Å². The molecule has 21 heavy (non-hydrogen) atoms. The Morgan fingerprint density at radius 1 is 1.14 bits per heavy atom. The molecule has 0 heterocycles. The van der Waals surface area contributed by atoms with Crippen molar-refractivity contribution in [2.45, 2.75) is 6.92 Å². The number of phenols is 1. The maximum absolute atomic E-state index is 12.6. The van der Waals surface area contributed by atoms with Gasteiger partial charge in [0.05, 0.1) is 24.5 Å². The molecule has 0 fully saturated rings. The number of carbonyl (C=O) groups is 2. The number of aliphatic hydroxyl groups is 1. The molecule has 0 aliphatic heterocycles. The predicted octanol–water partition coefficient (Wildman–Crippen LogP) is 2.41. The molecule has 0 amide bonds. The quantitative estimate of drug-likeness (QED) is 0.828. The molecule has 1 aromatic rings. The second kappa shape index (κ2) is 4.48. The minimum Gasteiger partial charge on any atom is -0.511 e. The monoisotopic (exact) mass is 286 g/mol. The smallest absolute Gasteiger partial charge is 0.178 e. The summed E-state index contributed by atoms with van der Waals surface area (Å²) < 4.78 is 5.02. The highest BCUT2D eigenvalue weighted by atomic mass is 16.5. The number of benzene rings is 1. The van der Waals surface area contributed by atoms with Crippen LogP contribution >= 0.6 is 0 Å². The second-order valence-corrected chi connectivity index (χ2v) is 5.28. The molecule has 0 bridgehead atoms. The Morgan fingerprint density at radius 2 is 1.86 bits per heavy atom. The van der Waals surface area contributed by atoms with Crippen LogP contribution in [0.2, 0.25) is 0 Å². The SMILES string of the molecule is COc1cc(O)c2c(c1)C(=O)C1C=C(C)C=C(O)C1C2=O. The molecule has 0 spiro atoms. The Hall–Kier alpha value is -2.56. The lowest BCUT2D eigenvalue weighted by Crippen LogP contribution is -2.38. The van der Waals surface area contributed by atoms with Gasteiger partial charge in [0.15, 0.2) is 11.6 Å². The minimum atomic E-state index is -0.951. The Morgan fingerprint density at radius 3 is 2.52 bits per heavy atom. The summed E-state index contributed by atoms with van der Waals surface area (Å²) in [4.78, 5) is 25.2. The third-order valence-corrected chi connectivity index (χ3v) is 3.92. The van der Waals surface area contributed by atoms with E-state index < -0.39 is 17.6 Å². The van der Waals surface area contributed by atoms with E-state index in [1.807, 2.05) is 0 Å². The molecule has 2 N–H and O–H groups in total. The summed E-state index contributed by atoms with van der Waals surface area (Å²) in [6, 6.07) is 2.74. The van der Waals surface area contributed by atoms with E-state index in [0.717, 1.165) is 5.57 Å². The molecule has 108 valence electrons. The fourth-order valence-electron chi connectivity index (χ4n) is 2.97. The molecule has 5 heteroatoms. The summed E-state index contributed by atoms with van der Waals surface area (Å²) in [7, 11) is 1.42. The molecule has 2 atom stereocenters. The Bertz CT molecular complexity index is 726. The standard InChI is InChI=1S/C16H14O5/c1-7-3-9-13(11(17)4-7)16(20)14-10(15(9)19)5-8(21-2)6-12(14)18/h3-6,9,13,17-18H,1-2H3. The highest BCUT2D eigenvalue weighted by Gasteiger charge is 2.45. The molecule has 0 aromatic heterocycles. The van der Waals surface area contributed by atoms with E-state index in [0.29, 0.717) is 5.75 Å². The van der Waals surface area contributed by atoms with Crippen LogP contribution in [0.4, 0.5) is 0 Å². The molecule has 1 aromatic carbocycles. The van der Waals surface area contributed by atoms with Gasteiger partial charge in [-0.05, 0) is 19.1 Å². The highest BCUT2D eigenvalue weighted by molar-refractivity contribution is 6.19. The zero-order chi connectivity index (χ0) is 15.3. The van der Waals surface area contributed by atoms with Crippen molar-refractivity contribution < 1.29 is 24.5 Å². The fourth-order valence-corrected chi connectivity index (χ4v) is 2.97. The summed E-state index contributed by atoms with van der Waals surface area (Å²) in [5.74, 6) is -2.58. The third kappa shape index (κ3) is 1.85. The molecule has 3 rings (SSSR count). The van der Waals surface area contributed by atoms with E-state index in [1.54, 1.807) is 13.0 Å². The van der Waals surface area contributed by atoms with E-state index in [2.05, 4.69) is 0 Å². The average molecular weight is 286 g/mol. The van der Waals surface area contributed by atoms with Crippen molar-refractivity contribution in [3.05, 3.63) is 46.7 Å².